The molecule has 3 aliphatic rings. The summed E-state index contributed by atoms with van der Waals surface area (Å²) < 4.78 is 45.8. The van der Waals surface area contributed by atoms with Gasteiger partial charge >= 0.3 is 6.18 Å². The van der Waals surface area contributed by atoms with E-state index in [0.29, 0.717) is 51.4 Å². The van der Waals surface area contributed by atoms with Crippen LogP contribution in [0.2, 0.25) is 0 Å². The Labute approximate surface area is 214 Å². The highest BCUT2D eigenvalue weighted by molar-refractivity contribution is 5.83. The molecule has 7 nitrogen and oxygen atoms in total. The molecule has 2 aromatic rings. The van der Waals surface area contributed by atoms with Gasteiger partial charge < -0.3 is 24.3 Å². The van der Waals surface area contributed by atoms with Gasteiger partial charge in [-0.05, 0) is 54.4 Å². The average Bonchev–Trinajstić information content (AvgIpc) is 2.91. The molecular formula is C27H31F3N4O3. The molecule has 2 fully saturated rings. The number of rotatable bonds is 3. The van der Waals surface area contributed by atoms with Crippen molar-refractivity contribution in [2.24, 2.45) is 5.92 Å². The van der Waals surface area contributed by atoms with Gasteiger partial charge in [-0.25, -0.2) is 0 Å². The maximum absolute atomic E-state index is 13.8. The zero-order chi connectivity index (χ0) is 26.3. The van der Waals surface area contributed by atoms with Gasteiger partial charge in [-0.15, -0.1) is 0 Å². The molecule has 0 aromatic heterocycles. The van der Waals surface area contributed by atoms with Crippen LogP contribution in [0, 0.1) is 5.92 Å². The molecule has 10 heteroatoms. The Hall–Kier alpha value is -3.43. The first-order valence-corrected chi connectivity index (χ1v) is 12.6. The molecule has 0 N–H and O–H groups in total. The van der Waals surface area contributed by atoms with E-state index in [-0.39, 0.29) is 24.3 Å². The smallest absolute Gasteiger partial charge is 0.416 e. The minimum Gasteiger partial charge on any atom is -0.497 e. The van der Waals surface area contributed by atoms with E-state index >= 15 is 0 Å². The zero-order valence-electron chi connectivity index (χ0n) is 21.0. The number of hydrogen-bond donors (Lipinski definition) is 0. The first kappa shape index (κ1) is 25.2. The molecule has 2 aromatic carbocycles. The van der Waals surface area contributed by atoms with Crippen LogP contribution in [0.25, 0.3) is 0 Å². The van der Waals surface area contributed by atoms with E-state index in [1.165, 1.54) is 13.0 Å². The number of fused-ring (bicyclic) bond motifs is 3. The number of piperazine rings is 2. The summed E-state index contributed by atoms with van der Waals surface area (Å²) in [6, 6.07) is 11.5. The molecule has 3 heterocycles. The monoisotopic (exact) mass is 516 g/mol. The van der Waals surface area contributed by atoms with Crippen molar-refractivity contribution in [3.8, 4) is 5.75 Å². The topological polar surface area (TPSA) is 56.3 Å². The largest absolute Gasteiger partial charge is 0.497 e. The second-order valence-electron chi connectivity index (χ2n) is 9.89. The van der Waals surface area contributed by atoms with Crippen molar-refractivity contribution in [1.29, 1.82) is 0 Å². The number of halogens is 3. The van der Waals surface area contributed by atoms with Gasteiger partial charge in [-0.3, -0.25) is 9.59 Å². The number of anilines is 2. The van der Waals surface area contributed by atoms with Crippen molar-refractivity contribution in [1.82, 2.24) is 9.80 Å². The molecule has 2 atom stereocenters. The lowest BCUT2D eigenvalue weighted by Crippen LogP contribution is -2.62. The van der Waals surface area contributed by atoms with Crippen LogP contribution in [0.1, 0.15) is 18.1 Å². The molecule has 0 spiro atoms. The molecule has 0 saturated carbocycles. The molecule has 2 amide bonds. The van der Waals surface area contributed by atoms with E-state index in [0.717, 1.165) is 23.2 Å². The van der Waals surface area contributed by atoms with E-state index in [9.17, 15) is 22.8 Å². The molecule has 0 radical (unpaired) electrons. The van der Waals surface area contributed by atoms with Crippen LogP contribution in [-0.2, 0) is 22.2 Å². The minimum atomic E-state index is -4.44. The van der Waals surface area contributed by atoms with Crippen LogP contribution in [0.15, 0.2) is 42.5 Å². The number of carbonyl (C=O) groups excluding carboxylic acids is 2. The van der Waals surface area contributed by atoms with Crippen LogP contribution in [-0.4, -0.2) is 80.6 Å². The lowest BCUT2D eigenvalue weighted by Gasteiger charge is -2.50. The number of carbonyl (C=O) groups is 2. The summed E-state index contributed by atoms with van der Waals surface area (Å²) in [4.78, 5) is 33.4. The number of amides is 2. The minimum absolute atomic E-state index is 0.0213. The number of methoxy groups -OCH3 is 1. The van der Waals surface area contributed by atoms with Crippen molar-refractivity contribution in [2.45, 2.75) is 25.6 Å². The van der Waals surface area contributed by atoms with Crippen LogP contribution in [0.3, 0.4) is 0 Å². The maximum Gasteiger partial charge on any atom is 0.416 e. The molecule has 198 valence electrons. The van der Waals surface area contributed by atoms with Gasteiger partial charge in [0, 0.05) is 64.1 Å². The number of alkyl halides is 3. The van der Waals surface area contributed by atoms with E-state index in [2.05, 4.69) is 9.80 Å². The van der Waals surface area contributed by atoms with Gasteiger partial charge in [-0.2, -0.15) is 13.2 Å². The Kier molecular flexibility index (Phi) is 6.68. The molecule has 0 aliphatic carbocycles. The summed E-state index contributed by atoms with van der Waals surface area (Å²) >= 11 is 0. The number of benzene rings is 2. The number of ether oxygens (including phenoxy) is 1. The first-order chi connectivity index (χ1) is 17.7. The Balaban J connectivity index is 1.44. The zero-order valence-corrected chi connectivity index (χ0v) is 21.0. The second-order valence-corrected chi connectivity index (χ2v) is 9.89. The van der Waals surface area contributed by atoms with Crippen LogP contribution in [0.5, 0.6) is 5.75 Å². The fourth-order valence-electron chi connectivity index (χ4n) is 5.79. The van der Waals surface area contributed by atoms with Gasteiger partial charge in [0.05, 0.1) is 24.6 Å². The van der Waals surface area contributed by atoms with Crippen LogP contribution in [0.4, 0.5) is 24.5 Å². The molecule has 5 rings (SSSR count). The predicted molar refractivity (Wildman–Crippen MR) is 134 cm³/mol. The number of hydrogen-bond acceptors (Lipinski definition) is 5. The quantitative estimate of drug-likeness (QED) is 0.627. The fraction of sp³-hybridized carbons (Fsp3) is 0.481. The Bertz CT molecular complexity index is 1160. The van der Waals surface area contributed by atoms with E-state index < -0.39 is 17.7 Å². The molecule has 2 unspecified atom stereocenters. The van der Waals surface area contributed by atoms with Crippen LogP contribution >= 0.6 is 0 Å². The van der Waals surface area contributed by atoms with Gasteiger partial charge in [0.25, 0.3) is 0 Å². The van der Waals surface area contributed by atoms with Gasteiger partial charge in [0.1, 0.15) is 5.75 Å². The lowest BCUT2D eigenvalue weighted by atomic mass is 9.82. The predicted octanol–water partition coefficient (Wildman–Crippen LogP) is 3.27. The molecule has 0 bridgehead atoms. The van der Waals surface area contributed by atoms with Crippen molar-refractivity contribution < 1.29 is 27.5 Å². The molecule has 3 aliphatic heterocycles. The SMILES string of the molecule is COc1ccc(N2CCN3c4ccc(C(F)(F)F)cc4CC(C(=O)N4CCN(C(C)=O)CC4)C3C2)cc1. The van der Waals surface area contributed by atoms with Gasteiger partial charge in [0.2, 0.25) is 11.8 Å². The van der Waals surface area contributed by atoms with Crippen molar-refractivity contribution in [3.63, 3.8) is 0 Å². The Morgan fingerprint density at radius 2 is 1.59 bits per heavy atom. The lowest BCUT2D eigenvalue weighted by molar-refractivity contribution is -0.142. The van der Waals surface area contributed by atoms with Crippen molar-refractivity contribution in [3.05, 3.63) is 53.6 Å². The maximum atomic E-state index is 13.8. The third-order valence-corrected chi connectivity index (χ3v) is 7.83. The molecular weight excluding hydrogens is 485 g/mol. The summed E-state index contributed by atoms with van der Waals surface area (Å²) in [7, 11) is 1.61. The highest BCUT2D eigenvalue weighted by Gasteiger charge is 2.44. The first-order valence-electron chi connectivity index (χ1n) is 12.6. The van der Waals surface area contributed by atoms with E-state index in [1.54, 1.807) is 23.0 Å². The standard InChI is InChI=1S/C27H31F3N4O3/c1-18(35)31-9-11-32(12-10-31)26(36)23-16-19-15-20(27(28,29)30)3-8-24(19)34-14-13-33(17-25(23)34)21-4-6-22(37-2)7-5-21/h3-8,15,23,25H,9-14,16-17H2,1-2H3. The van der Waals surface area contributed by atoms with Crippen molar-refractivity contribution in [2.75, 3.05) is 62.7 Å². The van der Waals surface area contributed by atoms with Crippen molar-refractivity contribution >= 4 is 23.2 Å². The normalized spacial score (nSPS) is 21.9. The molecule has 2 saturated heterocycles. The van der Waals surface area contributed by atoms with Crippen LogP contribution < -0.4 is 14.5 Å². The third kappa shape index (κ3) is 4.93. The summed E-state index contributed by atoms with van der Waals surface area (Å²) in [5, 5.41) is 0. The van der Waals surface area contributed by atoms with E-state index in [1.807, 2.05) is 24.3 Å². The highest BCUT2D eigenvalue weighted by Crippen LogP contribution is 2.41. The number of nitrogens with zero attached hydrogens (tertiary/aromatic N) is 4. The van der Waals surface area contributed by atoms with Gasteiger partial charge in [-0.1, -0.05) is 0 Å². The Morgan fingerprint density at radius 1 is 0.919 bits per heavy atom. The molecule has 37 heavy (non-hydrogen) atoms. The fourth-order valence-corrected chi connectivity index (χ4v) is 5.79. The third-order valence-electron chi connectivity index (χ3n) is 7.83. The average molecular weight is 517 g/mol. The van der Waals surface area contributed by atoms with E-state index in [4.69, 9.17) is 4.74 Å². The summed E-state index contributed by atoms with van der Waals surface area (Å²) in [5.74, 6) is 0.193. The van der Waals surface area contributed by atoms with Gasteiger partial charge in [0.15, 0.2) is 0 Å². The Morgan fingerprint density at radius 3 is 2.22 bits per heavy atom. The summed E-state index contributed by atoms with van der Waals surface area (Å²) in [5.41, 5.74) is 1.66. The second kappa shape index (κ2) is 9.79. The highest BCUT2D eigenvalue weighted by atomic mass is 19.4. The summed E-state index contributed by atoms with van der Waals surface area (Å²) in [6.07, 6.45) is -4.19. The summed E-state index contributed by atoms with van der Waals surface area (Å²) in [6.45, 7) is 5.17.